The van der Waals surface area contributed by atoms with Crippen LogP contribution in [0.3, 0.4) is 0 Å². The van der Waals surface area contributed by atoms with Crippen LogP contribution in [0.15, 0.2) is 0 Å². The molecule has 3 rings (SSSR count). The largest absolute Gasteiger partial charge is 0.363 e. The Balaban J connectivity index is 1.76. The monoisotopic (exact) mass is 268 g/mol. The first-order valence-electron chi connectivity index (χ1n) is 7.33. The number of Topliss-reactive ketones (excluding diaryl/α,β-unsaturated/α-hetero) is 1. The van der Waals surface area contributed by atoms with Gasteiger partial charge >= 0.3 is 0 Å². The molecule has 3 aliphatic rings. The van der Waals surface area contributed by atoms with Crippen LogP contribution in [0.1, 0.15) is 52.9 Å². The van der Waals surface area contributed by atoms with Gasteiger partial charge in [-0.2, -0.15) is 0 Å². The minimum absolute atomic E-state index is 0.132. The van der Waals surface area contributed by atoms with Crippen molar-refractivity contribution in [2.75, 3.05) is 0 Å². The molecule has 1 saturated heterocycles. The average Bonchev–Trinajstić information content (AvgIpc) is 2.25. The molecule has 0 spiro atoms. The van der Waals surface area contributed by atoms with Crippen molar-refractivity contribution in [1.82, 2.24) is 0 Å². The first kappa shape index (κ1) is 13.0. The lowest BCUT2D eigenvalue weighted by atomic mass is 9.74. The molecule has 0 bridgehead atoms. The van der Waals surface area contributed by atoms with Gasteiger partial charge in [0.05, 0.1) is 12.0 Å². The Morgan fingerprint density at radius 1 is 1.28 bits per heavy atom. The van der Waals surface area contributed by atoms with Gasteiger partial charge in [-0.1, -0.05) is 27.2 Å². The van der Waals surface area contributed by atoms with E-state index in [1.807, 2.05) is 11.8 Å². The zero-order valence-electron chi connectivity index (χ0n) is 11.6. The summed E-state index contributed by atoms with van der Waals surface area (Å²) in [5.74, 6) is 2.06. The number of thioether (sulfide) groups is 1. The number of rotatable bonds is 1. The molecule has 18 heavy (non-hydrogen) atoms. The van der Waals surface area contributed by atoms with E-state index in [1.54, 1.807) is 0 Å². The molecule has 3 heteroatoms. The van der Waals surface area contributed by atoms with Gasteiger partial charge in [0.2, 0.25) is 0 Å². The normalized spacial score (nSPS) is 47.3. The molecule has 0 N–H and O–H groups in total. The van der Waals surface area contributed by atoms with E-state index in [4.69, 9.17) is 4.74 Å². The zero-order valence-corrected chi connectivity index (χ0v) is 12.5. The van der Waals surface area contributed by atoms with Gasteiger partial charge in [-0.05, 0) is 31.1 Å². The van der Waals surface area contributed by atoms with E-state index in [9.17, 15) is 4.79 Å². The molecule has 0 aromatic carbocycles. The van der Waals surface area contributed by atoms with Gasteiger partial charge in [-0.15, -0.1) is 11.8 Å². The predicted octanol–water partition coefficient (Wildman–Crippen LogP) is 3.64. The van der Waals surface area contributed by atoms with E-state index in [2.05, 4.69) is 20.8 Å². The summed E-state index contributed by atoms with van der Waals surface area (Å²) < 4.78 is 6.58. The molecule has 0 amide bonds. The second-order valence-electron chi connectivity index (χ2n) is 6.90. The first-order valence-corrected chi connectivity index (χ1v) is 8.21. The third kappa shape index (κ3) is 2.14. The Morgan fingerprint density at radius 3 is 2.67 bits per heavy atom. The molecule has 5 atom stereocenters. The summed E-state index contributed by atoms with van der Waals surface area (Å²) in [6.45, 7) is 7.03. The van der Waals surface area contributed by atoms with Gasteiger partial charge in [0.25, 0.3) is 0 Å². The van der Waals surface area contributed by atoms with Crippen LogP contribution < -0.4 is 0 Å². The Morgan fingerprint density at radius 2 is 2.06 bits per heavy atom. The van der Waals surface area contributed by atoms with Gasteiger partial charge in [0.1, 0.15) is 11.2 Å². The minimum Gasteiger partial charge on any atom is -0.363 e. The van der Waals surface area contributed by atoms with Crippen molar-refractivity contribution in [2.24, 2.45) is 17.8 Å². The summed E-state index contributed by atoms with van der Waals surface area (Å²) in [7, 11) is 0. The lowest BCUT2D eigenvalue weighted by molar-refractivity contribution is -0.139. The van der Waals surface area contributed by atoms with Crippen LogP contribution >= 0.6 is 11.8 Å². The number of hydrogen-bond acceptors (Lipinski definition) is 3. The summed E-state index contributed by atoms with van der Waals surface area (Å²) in [4.78, 5) is 11.7. The smallest absolute Gasteiger partial charge is 0.139 e. The van der Waals surface area contributed by atoms with Gasteiger partial charge in [-0.3, -0.25) is 4.79 Å². The quantitative estimate of drug-likeness (QED) is 0.726. The van der Waals surface area contributed by atoms with Crippen molar-refractivity contribution in [3.63, 3.8) is 0 Å². The Labute approximate surface area is 114 Å². The summed E-state index contributed by atoms with van der Waals surface area (Å²) in [6.07, 6.45) is 6.02. The van der Waals surface area contributed by atoms with Crippen molar-refractivity contribution in [3.05, 3.63) is 0 Å². The Bertz CT molecular complexity index is 352. The predicted molar refractivity (Wildman–Crippen MR) is 74.6 cm³/mol. The number of carbonyl (C=O) groups excluding carboxylic acids is 1. The molecule has 2 saturated carbocycles. The number of ketones is 1. The number of carbonyl (C=O) groups is 1. The van der Waals surface area contributed by atoms with Crippen LogP contribution in [0.25, 0.3) is 0 Å². The van der Waals surface area contributed by atoms with E-state index in [0.29, 0.717) is 17.8 Å². The molecule has 0 radical (unpaired) electrons. The fraction of sp³-hybridized carbons (Fsp3) is 0.933. The molecule has 1 heterocycles. The fourth-order valence-electron chi connectivity index (χ4n) is 3.75. The topological polar surface area (TPSA) is 26.3 Å². The van der Waals surface area contributed by atoms with E-state index in [0.717, 1.165) is 18.8 Å². The van der Waals surface area contributed by atoms with E-state index in [-0.39, 0.29) is 16.1 Å². The standard InChI is InChI=1S/C15H24O2S/c1-9-4-6-11-13(8-9)17-14(18-15(11,2)3)10-5-7-12(10)16/h9-11,13-14H,4-8H2,1-3H3/t9-,10+,11-,13-,14-/m1/s1. The third-order valence-electron chi connectivity index (χ3n) is 5.12. The highest BCUT2D eigenvalue weighted by Gasteiger charge is 2.50. The van der Waals surface area contributed by atoms with Crippen molar-refractivity contribution in [2.45, 2.75) is 69.2 Å². The van der Waals surface area contributed by atoms with Crippen LogP contribution in [0.4, 0.5) is 0 Å². The Kier molecular flexibility index (Phi) is 3.26. The van der Waals surface area contributed by atoms with Crippen LogP contribution in [0, 0.1) is 17.8 Å². The zero-order chi connectivity index (χ0) is 12.9. The lowest BCUT2D eigenvalue weighted by Gasteiger charge is -2.52. The molecular weight excluding hydrogens is 244 g/mol. The highest BCUT2D eigenvalue weighted by Crippen LogP contribution is 2.53. The maximum absolute atomic E-state index is 11.7. The van der Waals surface area contributed by atoms with Crippen LogP contribution in [0.5, 0.6) is 0 Å². The molecular formula is C15H24O2S. The van der Waals surface area contributed by atoms with Crippen molar-refractivity contribution >= 4 is 17.5 Å². The third-order valence-corrected chi connectivity index (χ3v) is 6.70. The Hall–Kier alpha value is -0.0200. The number of ether oxygens (including phenoxy) is 1. The number of fused-ring (bicyclic) bond motifs is 1. The van der Waals surface area contributed by atoms with Gasteiger partial charge in [-0.25, -0.2) is 0 Å². The second-order valence-corrected chi connectivity index (χ2v) is 8.65. The van der Waals surface area contributed by atoms with E-state index in [1.165, 1.54) is 19.3 Å². The molecule has 1 aliphatic heterocycles. The van der Waals surface area contributed by atoms with Crippen molar-refractivity contribution in [1.29, 1.82) is 0 Å². The van der Waals surface area contributed by atoms with Crippen LogP contribution in [-0.4, -0.2) is 22.1 Å². The van der Waals surface area contributed by atoms with Crippen LogP contribution in [-0.2, 0) is 9.53 Å². The molecule has 2 aliphatic carbocycles. The molecule has 0 aromatic rings. The highest BCUT2D eigenvalue weighted by atomic mass is 32.2. The maximum Gasteiger partial charge on any atom is 0.139 e. The van der Waals surface area contributed by atoms with Gasteiger partial charge < -0.3 is 4.74 Å². The van der Waals surface area contributed by atoms with E-state index < -0.39 is 0 Å². The number of hydrogen-bond donors (Lipinski definition) is 0. The summed E-state index contributed by atoms with van der Waals surface area (Å²) >= 11 is 1.92. The summed E-state index contributed by atoms with van der Waals surface area (Å²) in [6, 6.07) is 0. The molecule has 102 valence electrons. The maximum atomic E-state index is 11.7. The highest BCUT2D eigenvalue weighted by molar-refractivity contribution is 8.01. The molecule has 0 unspecified atom stereocenters. The SMILES string of the molecule is C[C@@H]1CC[C@@H]2[C@@H](C1)O[C@@H]([C@H]1CCC1=O)SC2(C)C. The van der Waals surface area contributed by atoms with E-state index >= 15 is 0 Å². The van der Waals surface area contributed by atoms with Crippen LogP contribution in [0.2, 0.25) is 0 Å². The molecule has 3 fully saturated rings. The average molecular weight is 268 g/mol. The molecule has 0 aromatic heterocycles. The summed E-state index contributed by atoms with van der Waals surface area (Å²) in [5, 5.41) is 0. The lowest BCUT2D eigenvalue weighted by Crippen LogP contribution is -2.52. The molecule has 2 nitrogen and oxygen atoms in total. The first-order chi connectivity index (χ1) is 8.47. The van der Waals surface area contributed by atoms with Crippen molar-refractivity contribution < 1.29 is 9.53 Å². The second kappa shape index (κ2) is 4.52. The van der Waals surface area contributed by atoms with Gasteiger partial charge in [0, 0.05) is 11.2 Å². The van der Waals surface area contributed by atoms with Crippen molar-refractivity contribution in [3.8, 4) is 0 Å². The summed E-state index contributed by atoms with van der Waals surface area (Å²) in [5.41, 5.74) is 0.132. The van der Waals surface area contributed by atoms with Gasteiger partial charge in [0.15, 0.2) is 0 Å². The minimum atomic E-state index is 0.132. The fourth-order valence-corrected chi connectivity index (χ4v) is 5.45.